The monoisotopic (exact) mass is 237 g/mol. The topological polar surface area (TPSA) is 47.5 Å². The zero-order valence-corrected chi connectivity index (χ0v) is 10.4. The molecule has 1 unspecified atom stereocenters. The first-order chi connectivity index (χ1) is 8.29. The quantitative estimate of drug-likeness (QED) is 0.791. The maximum Gasteiger partial charge on any atom is 0.233 e. The molecular weight excluding hydrogens is 218 g/mol. The van der Waals surface area contributed by atoms with E-state index in [1.807, 2.05) is 0 Å². The first-order valence-corrected chi connectivity index (χ1v) is 6.00. The van der Waals surface area contributed by atoms with Crippen molar-refractivity contribution in [2.24, 2.45) is 0 Å². The van der Waals surface area contributed by atoms with Crippen molar-refractivity contribution in [3.63, 3.8) is 0 Å². The third-order valence-corrected chi connectivity index (χ3v) is 3.17. The van der Waals surface area contributed by atoms with Crippen LogP contribution in [0.15, 0.2) is 12.1 Å². The van der Waals surface area contributed by atoms with Crippen LogP contribution in [0, 0.1) is 0 Å². The second-order valence-electron chi connectivity index (χ2n) is 4.36. The van der Waals surface area contributed by atoms with Gasteiger partial charge in [-0.25, -0.2) is 0 Å². The van der Waals surface area contributed by atoms with Gasteiger partial charge in [0.1, 0.15) is 6.61 Å². The third-order valence-electron chi connectivity index (χ3n) is 3.17. The number of hydrogen-bond donors (Lipinski definition) is 0. The van der Waals surface area contributed by atoms with E-state index in [4.69, 9.17) is 9.47 Å². The molecule has 1 atom stereocenters. The molecule has 17 heavy (non-hydrogen) atoms. The van der Waals surface area contributed by atoms with E-state index >= 15 is 0 Å². The normalized spacial score (nSPS) is 21.2. The van der Waals surface area contributed by atoms with Gasteiger partial charge in [-0.3, -0.25) is 0 Å². The van der Waals surface area contributed by atoms with Crippen LogP contribution in [0.4, 0.5) is 0 Å². The van der Waals surface area contributed by atoms with Crippen LogP contribution in [0.25, 0.3) is 0 Å². The molecule has 0 bridgehead atoms. The predicted octanol–water partition coefficient (Wildman–Crippen LogP) is 1.35. The van der Waals surface area contributed by atoms with E-state index in [1.54, 1.807) is 19.2 Å². The largest absolute Gasteiger partial charge is 0.480 e. The molecule has 94 valence electrons. The Hall–Kier alpha value is -1.36. The minimum absolute atomic E-state index is 0.493. The van der Waals surface area contributed by atoms with Crippen LogP contribution in [-0.4, -0.2) is 48.4 Å². The molecule has 2 heterocycles. The summed E-state index contributed by atoms with van der Waals surface area (Å²) in [5, 5.41) is 7.81. The number of aromatic nitrogens is 2. The third kappa shape index (κ3) is 3.30. The van der Waals surface area contributed by atoms with Crippen LogP contribution in [0.2, 0.25) is 0 Å². The van der Waals surface area contributed by atoms with Crippen molar-refractivity contribution in [3.05, 3.63) is 12.1 Å². The Kier molecular flexibility index (Phi) is 4.14. The number of hydrogen-bond acceptors (Lipinski definition) is 5. The fourth-order valence-corrected chi connectivity index (χ4v) is 2.03. The van der Waals surface area contributed by atoms with Crippen LogP contribution in [0.3, 0.4) is 0 Å². The van der Waals surface area contributed by atoms with Gasteiger partial charge >= 0.3 is 0 Å². The van der Waals surface area contributed by atoms with Crippen molar-refractivity contribution in [2.45, 2.75) is 25.3 Å². The van der Waals surface area contributed by atoms with Crippen LogP contribution in [-0.2, 0) is 0 Å². The molecule has 0 aliphatic carbocycles. The summed E-state index contributed by atoms with van der Waals surface area (Å²) in [5.41, 5.74) is 0. The molecule has 0 aromatic carbocycles. The van der Waals surface area contributed by atoms with E-state index < -0.39 is 0 Å². The fourth-order valence-electron chi connectivity index (χ4n) is 2.03. The van der Waals surface area contributed by atoms with Gasteiger partial charge in [-0.2, -0.15) is 0 Å². The molecule has 1 saturated heterocycles. The average Bonchev–Trinajstić information content (AvgIpc) is 2.38. The molecule has 5 heteroatoms. The Bertz CT molecular complexity index is 342. The number of nitrogens with zero attached hydrogens (tertiary/aromatic N) is 3. The summed E-state index contributed by atoms with van der Waals surface area (Å²) in [5.74, 6) is 1.07. The van der Waals surface area contributed by atoms with E-state index in [0.717, 1.165) is 6.54 Å². The minimum Gasteiger partial charge on any atom is -0.480 e. The van der Waals surface area contributed by atoms with Gasteiger partial charge in [0.2, 0.25) is 11.8 Å². The Labute approximate surface area is 102 Å². The highest BCUT2D eigenvalue weighted by atomic mass is 16.5. The lowest BCUT2D eigenvalue weighted by molar-refractivity contribution is 0.122. The molecule has 0 saturated carbocycles. The molecule has 1 fully saturated rings. The van der Waals surface area contributed by atoms with E-state index in [2.05, 4.69) is 22.1 Å². The van der Waals surface area contributed by atoms with Crippen molar-refractivity contribution in [1.82, 2.24) is 15.1 Å². The summed E-state index contributed by atoms with van der Waals surface area (Å²) >= 11 is 0. The second-order valence-corrected chi connectivity index (χ2v) is 4.36. The first-order valence-electron chi connectivity index (χ1n) is 6.00. The highest BCUT2D eigenvalue weighted by Gasteiger charge is 2.19. The Morgan fingerprint density at radius 1 is 1.29 bits per heavy atom. The lowest BCUT2D eigenvalue weighted by Gasteiger charge is -2.31. The molecule has 1 aromatic rings. The van der Waals surface area contributed by atoms with Crippen molar-refractivity contribution in [2.75, 3.05) is 27.3 Å². The van der Waals surface area contributed by atoms with Crippen molar-refractivity contribution in [3.8, 4) is 11.8 Å². The first kappa shape index (κ1) is 12.1. The standard InChI is InChI=1S/C12H19N3O2/c1-15-8-4-3-5-10(15)9-17-12-7-6-11(16-2)13-14-12/h6-7,10H,3-5,8-9H2,1-2H3. The molecule has 2 rings (SSSR count). The van der Waals surface area contributed by atoms with E-state index in [-0.39, 0.29) is 0 Å². The summed E-state index contributed by atoms with van der Waals surface area (Å²) in [7, 11) is 3.72. The van der Waals surface area contributed by atoms with Gasteiger partial charge in [-0.1, -0.05) is 6.42 Å². The van der Waals surface area contributed by atoms with E-state index in [1.165, 1.54) is 19.3 Å². The lowest BCUT2D eigenvalue weighted by atomic mass is 10.0. The zero-order valence-electron chi connectivity index (χ0n) is 10.4. The van der Waals surface area contributed by atoms with Crippen LogP contribution in [0.1, 0.15) is 19.3 Å². The van der Waals surface area contributed by atoms with Gasteiger partial charge in [0.25, 0.3) is 0 Å². The highest BCUT2D eigenvalue weighted by molar-refractivity contribution is 5.15. The summed E-state index contributed by atoms with van der Waals surface area (Å²) in [6, 6.07) is 4.04. The summed E-state index contributed by atoms with van der Waals surface area (Å²) < 4.78 is 10.6. The van der Waals surface area contributed by atoms with Gasteiger partial charge in [0.05, 0.1) is 7.11 Å². The molecule has 0 radical (unpaired) electrons. The molecule has 1 aliphatic rings. The molecule has 1 aromatic heterocycles. The average molecular weight is 237 g/mol. The van der Waals surface area contributed by atoms with Gasteiger partial charge < -0.3 is 14.4 Å². The summed E-state index contributed by atoms with van der Waals surface area (Å²) in [6.45, 7) is 1.83. The Morgan fingerprint density at radius 2 is 2.06 bits per heavy atom. The van der Waals surface area contributed by atoms with Gasteiger partial charge in [-0.05, 0) is 26.4 Å². The van der Waals surface area contributed by atoms with E-state index in [9.17, 15) is 0 Å². The zero-order chi connectivity index (χ0) is 12.1. The maximum atomic E-state index is 5.64. The smallest absolute Gasteiger partial charge is 0.233 e. The van der Waals surface area contributed by atoms with Crippen molar-refractivity contribution < 1.29 is 9.47 Å². The molecule has 0 N–H and O–H groups in total. The lowest BCUT2D eigenvalue weighted by Crippen LogP contribution is -2.40. The minimum atomic E-state index is 0.493. The maximum absolute atomic E-state index is 5.64. The van der Waals surface area contributed by atoms with Crippen LogP contribution >= 0.6 is 0 Å². The van der Waals surface area contributed by atoms with Crippen LogP contribution in [0.5, 0.6) is 11.8 Å². The second kappa shape index (κ2) is 5.82. The Balaban J connectivity index is 1.84. The molecular formula is C12H19N3O2. The Morgan fingerprint density at radius 3 is 2.71 bits per heavy atom. The van der Waals surface area contributed by atoms with Gasteiger partial charge in [-0.15, -0.1) is 10.2 Å². The molecule has 0 spiro atoms. The number of likely N-dealkylation sites (tertiary alicyclic amines) is 1. The van der Waals surface area contributed by atoms with Crippen molar-refractivity contribution >= 4 is 0 Å². The fraction of sp³-hybridized carbons (Fsp3) is 0.667. The SMILES string of the molecule is COc1ccc(OCC2CCCCN2C)nn1. The number of methoxy groups -OCH3 is 1. The molecule has 5 nitrogen and oxygen atoms in total. The van der Waals surface area contributed by atoms with E-state index in [0.29, 0.717) is 24.4 Å². The van der Waals surface area contributed by atoms with Crippen molar-refractivity contribution in [1.29, 1.82) is 0 Å². The number of likely N-dealkylation sites (N-methyl/N-ethyl adjacent to an activating group) is 1. The van der Waals surface area contributed by atoms with Gasteiger partial charge in [0, 0.05) is 18.2 Å². The molecule has 0 amide bonds. The summed E-state index contributed by atoms with van der Waals surface area (Å²) in [6.07, 6.45) is 3.77. The highest BCUT2D eigenvalue weighted by Crippen LogP contribution is 2.16. The number of piperidine rings is 1. The van der Waals surface area contributed by atoms with Crippen LogP contribution < -0.4 is 9.47 Å². The number of ether oxygens (including phenoxy) is 2. The molecule has 1 aliphatic heterocycles. The van der Waals surface area contributed by atoms with Gasteiger partial charge in [0.15, 0.2) is 0 Å². The predicted molar refractivity (Wildman–Crippen MR) is 64.3 cm³/mol. The number of rotatable bonds is 4. The summed E-state index contributed by atoms with van der Waals surface area (Å²) in [4.78, 5) is 2.35.